The van der Waals surface area contributed by atoms with E-state index in [1.165, 1.54) is 36.4 Å². The molecule has 3 N–H and O–H groups in total. The van der Waals surface area contributed by atoms with Gasteiger partial charge in [-0.1, -0.05) is 37.3 Å². The predicted octanol–water partition coefficient (Wildman–Crippen LogP) is 6.19. The van der Waals surface area contributed by atoms with Crippen molar-refractivity contribution in [2.45, 2.75) is 33.0 Å². The number of rotatable bonds is 11. The minimum absolute atomic E-state index is 0.00303. The van der Waals surface area contributed by atoms with Gasteiger partial charge in [0, 0.05) is 25.7 Å². The minimum Gasteiger partial charge on any atom is -0.492 e. The summed E-state index contributed by atoms with van der Waals surface area (Å²) in [4.78, 5) is 23.8. The van der Waals surface area contributed by atoms with Gasteiger partial charge in [0.25, 0.3) is 5.91 Å². The van der Waals surface area contributed by atoms with Crippen molar-refractivity contribution >= 4 is 18.0 Å². The molecule has 39 heavy (non-hydrogen) atoms. The monoisotopic (exact) mass is 540 g/mol. The number of carbonyl (C=O) groups excluding carboxylic acids is 1. The molecular weight excluding hydrogens is 509 g/mol. The SMILES string of the molecule is C/C=C\c1c(CC)cccc1CNCCOc1cc(C(=O)NC)cc(-c2cc(C(=O)O)cc(C(F)(F)F)c2)c1. The van der Waals surface area contributed by atoms with Crippen molar-refractivity contribution in [2.24, 2.45) is 0 Å². The van der Waals surface area contributed by atoms with Gasteiger partial charge in [0.1, 0.15) is 12.4 Å². The Hall–Kier alpha value is -4.11. The molecule has 6 nitrogen and oxygen atoms in total. The molecular formula is C30H31F3N2O4. The maximum absolute atomic E-state index is 13.4. The molecule has 0 aromatic heterocycles. The first-order chi connectivity index (χ1) is 18.6. The van der Waals surface area contributed by atoms with E-state index in [0.717, 1.165) is 24.1 Å². The number of aromatic carboxylic acids is 1. The number of amides is 1. The number of aryl methyl sites for hydroxylation is 1. The molecule has 0 fully saturated rings. The largest absolute Gasteiger partial charge is 0.492 e. The van der Waals surface area contributed by atoms with Crippen molar-refractivity contribution in [3.63, 3.8) is 0 Å². The van der Waals surface area contributed by atoms with Crippen LogP contribution in [0.1, 0.15) is 56.8 Å². The number of allylic oxidation sites excluding steroid dienone is 1. The van der Waals surface area contributed by atoms with Crippen LogP contribution >= 0.6 is 0 Å². The van der Waals surface area contributed by atoms with E-state index >= 15 is 0 Å². The van der Waals surface area contributed by atoms with Crippen LogP contribution in [-0.4, -0.2) is 37.2 Å². The Bertz CT molecular complexity index is 1370. The summed E-state index contributed by atoms with van der Waals surface area (Å²) >= 11 is 0. The summed E-state index contributed by atoms with van der Waals surface area (Å²) in [7, 11) is 1.43. The third-order valence-electron chi connectivity index (χ3n) is 6.10. The van der Waals surface area contributed by atoms with Crippen LogP contribution < -0.4 is 15.4 Å². The lowest BCUT2D eigenvalue weighted by atomic mass is 9.97. The van der Waals surface area contributed by atoms with Crippen LogP contribution in [0.4, 0.5) is 13.2 Å². The van der Waals surface area contributed by atoms with Crippen LogP contribution in [0.5, 0.6) is 5.75 Å². The molecule has 3 rings (SSSR count). The lowest BCUT2D eigenvalue weighted by Crippen LogP contribution is -2.21. The molecule has 206 valence electrons. The molecule has 0 bridgehead atoms. The van der Waals surface area contributed by atoms with Gasteiger partial charge in [-0.15, -0.1) is 0 Å². The molecule has 0 atom stereocenters. The number of carboxylic acids is 1. The number of benzene rings is 3. The van der Waals surface area contributed by atoms with Crippen molar-refractivity contribution in [3.05, 3.63) is 94.1 Å². The van der Waals surface area contributed by atoms with Crippen LogP contribution in [0.25, 0.3) is 17.2 Å². The number of hydrogen-bond acceptors (Lipinski definition) is 4. The number of alkyl halides is 3. The molecule has 0 aliphatic heterocycles. The van der Waals surface area contributed by atoms with Gasteiger partial charge < -0.3 is 20.5 Å². The van der Waals surface area contributed by atoms with Gasteiger partial charge in [-0.05, 0) is 77.6 Å². The molecule has 0 saturated carbocycles. The molecule has 0 saturated heterocycles. The van der Waals surface area contributed by atoms with Gasteiger partial charge in [0.2, 0.25) is 0 Å². The second-order valence-corrected chi connectivity index (χ2v) is 8.80. The summed E-state index contributed by atoms with van der Waals surface area (Å²) < 4.78 is 46.2. The van der Waals surface area contributed by atoms with Crippen molar-refractivity contribution in [1.29, 1.82) is 0 Å². The van der Waals surface area contributed by atoms with Crippen LogP contribution in [0.3, 0.4) is 0 Å². The van der Waals surface area contributed by atoms with Gasteiger partial charge in [-0.25, -0.2) is 4.79 Å². The number of carbonyl (C=O) groups is 2. The van der Waals surface area contributed by atoms with E-state index in [1.54, 1.807) is 0 Å². The zero-order valence-corrected chi connectivity index (χ0v) is 22.0. The average molecular weight is 541 g/mol. The molecule has 0 heterocycles. The van der Waals surface area contributed by atoms with E-state index in [1.807, 2.05) is 19.1 Å². The number of ether oxygens (including phenoxy) is 1. The Kier molecular flexibility index (Phi) is 9.89. The standard InChI is InChI=1S/C30H31F3N2O4/c1-4-7-27-19(5-2)8-6-9-20(27)18-35-10-11-39-26-16-22(12-23(17-26)28(36)34-3)21-13-24(29(37)38)15-25(14-21)30(31,32)33/h4,6-9,12-17,35H,5,10-11,18H2,1-3H3,(H,34,36)(H,37,38)/b7-4-. The van der Waals surface area contributed by atoms with Crippen LogP contribution in [-0.2, 0) is 19.1 Å². The van der Waals surface area contributed by atoms with Crippen LogP contribution in [0.15, 0.2) is 60.7 Å². The fourth-order valence-electron chi connectivity index (χ4n) is 4.18. The molecule has 1 amide bonds. The fourth-order valence-corrected chi connectivity index (χ4v) is 4.18. The van der Waals surface area contributed by atoms with Crippen LogP contribution in [0.2, 0.25) is 0 Å². The highest BCUT2D eigenvalue weighted by molar-refractivity contribution is 5.96. The van der Waals surface area contributed by atoms with E-state index in [4.69, 9.17) is 4.74 Å². The first kappa shape index (κ1) is 29.4. The summed E-state index contributed by atoms with van der Waals surface area (Å²) in [5.41, 5.74) is 2.36. The summed E-state index contributed by atoms with van der Waals surface area (Å²) in [6.45, 7) is 5.39. The summed E-state index contributed by atoms with van der Waals surface area (Å²) in [5.74, 6) is -1.68. The number of nitrogens with one attached hydrogen (secondary N) is 2. The van der Waals surface area contributed by atoms with E-state index in [2.05, 4.69) is 35.8 Å². The molecule has 3 aromatic rings. The second-order valence-electron chi connectivity index (χ2n) is 8.80. The first-order valence-corrected chi connectivity index (χ1v) is 12.5. The van der Waals surface area contributed by atoms with Gasteiger partial charge in [-0.2, -0.15) is 13.2 Å². The van der Waals surface area contributed by atoms with Crippen molar-refractivity contribution < 1.29 is 32.6 Å². The quantitative estimate of drug-likeness (QED) is 0.252. The molecule has 3 aromatic carbocycles. The van der Waals surface area contributed by atoms with E-state index in [0.29, 0.717) is 19.2 Å². The summed E-state index contributed by atoms with van der Waals surface area (Å²) in [6, 6.07) is 13.1. The lowest BCUT2D eigenvalue weighted by molar-refractivity contribution is -0.137. The maximum Gasteiger partial charge on any atom is 0.416 e. The Morgan fingerprint density at radius 1 is 1.00 bits per heavy atom. The Labute approximate surface area is 225 Å². The topological polar surface area (TPSA) is 87.7 Å². The lowest BCUT2D eigenvalue weighted by Gasteiger charge is -2.15. The fraction of sp³-hybridized carbons (Fsp3) is 0.267. The van der Waals surface area contributed by atoms with Crippen molar-refractivity contribution in [2.75, 3.05) is 20.2 Å². The normalized spacial score (nSPS) is 11.5. The van der Waals surface area contributed by atoms with Gasteiger partial charge in [-0.3, -0.25) is 4.79 Å². The number of hydrogen-bond donors (Lipinski definition) is 3. The Morgan fingerprint density at radius 2 is 1.69 bits per heavy atom. The smallest absolute Gasteiger partial charge is 0.416 e. The van der Waals surface area contributed by atoms with E-state index < -0.39 is 29.2 Å². The highest BCUT2D eigenvalue weighted by Crippen LogP contribution is 2.35. The summed E-state index contributed by atoms with van der Waals surface area (Å²) in [5, 5.41) is 15.2. The molecule has 0 aliphatic carbocycles. The maximum atomic E-state index is 13.4. The van der Waals surface area contributed by atoms with E-state index in [9.17, 15) is 27.9 Å². The molecule has 0 spiro atoms. The highest BCUT2D eigenvalue weighted by atomic mass is 19.4. The van der Waals surface area contributed by atoms with Gasteiger partial charge in [0.15, 0.2) is 0 Å². The molecule has 0 radical (unpaired) electrons. The van der Waals surface area contributed by atoms with Crippen LogP contribution in [0, 0.1) is 0 Å². The summed E-state index contributed by atoms with van der Waals surface area (Å²) in [6.07, 6.45) is 0.261. The minimum atomic E-state index is -4.74. The zero-order chi connectivity index (χ0) is 28.6. The molecule has 0 aliphatic rings. The Morgan fingerprint density at radius 3 is 2.33 bits per heavy atom. The first-order valence-electron chi connectivity index (χ1n) is 12.5. The second kappa shape index (κ2) is 13.1. The number of carboxylic acid groups (broad SMARTS) is 1. The van der Waals surface area contributed by atoms with E-state index in [-0.39, 0.29) is 29.0 Å². The number of halogens is 3. The average Bonchev–Trinajstić information content (AvgIpc) is 2.92. The van der Waals surface area contributed by atoms with Gasteiger partial charge in [0.05, 0.1) is 11.1 Å². The van der Waals surface area contributed by atoms with Gasteiger partial charge >= 0.3 is 12.1 Å². The van der Waals surface area contributed by atoms with Crippen molar-refractivity contribution in [1.82, 2.24) is 10.6 Å². The molecule has 0 unspecified atom stereocenters. The highest BCUT2D eigenvalue weighted by Gasteiger charge is 2.32. The van der Waals surface area contributed by atoms with Crippen molar-refractivity contribution in [3.8, 4) is 16.9 Å². The third-order valence-corrected chi connectivity index (χ3v) is 6.10. The Balaban J connectivity index is 1.81. The third kappa shape index (κ3) is 7.70. The predicted molar refractivity (Wildman–Crippen MR) is 145 cm³/mol. The molecule has 9 heteroatoms. The zero-order valence-electron chi connectivity index (χ0n) is 22.0.